The van der Waals surface area contributed by atoms with E-state index in [2.05, 4.69) is 4.90 Å². The number of nitrogens with zero attached hydrogens (tertiary/aromatic N) is 3. The van der Waals surface area contributed by atoms with Crippen molar-refractivity contribution in [3.8, 4) is 0 Å². The molecule has 6 heteroatoms. The maximum absolute atomic E-state index is 13.1. The third-order valence-electron chi connectivity index (χ3n) is 5.06. The van der Waals surface area contributed by atoms with Crippen LogP contribution in [0.5, 0.6) is 0 Å². The fraction of sp³-hybridized carbons (Fsp3) is 0.556. The van der Waals surface area contributed by atoms with Gasteiger partial charge in [-0.1, -0.05) is 12.1 Å². The number of rotatable bonds is 2. The Balaban J connectivity index is 1.79. The topological polar surface area (TPSA) is 43.9 Å². The molecule has 2 amide bonds. The summed E-state index contributed by atoms with van der Waals surface area (Å²) in [5.74, 6) is -0.0426. The fourth-order valence-corrected chi connectivity index (χ4v) is 3.92. The van der Waals surface area contributed by atoms with Crippen LogP contribution in [0.25, 0.3) is 0 Å². The SMILES string of the molecule is CC(=O)N1CCN(Cc2ccc(F)cc2)C[C@]2(CC(=O)N(C)C2)C1. The van der Waals surface area contributed by atoms with Crippen molar-refractivity contribution in [2.24, 2.45) is 5.41 Å². The van der Waals surface area contributed by atoms with Crippen LogP contribution < -0.4 is 0 Å². The predicted molar refractivity (Wildman–Crippen MR) is 88.6 cm³/mol. The van der Waals surface area contributed by atoms with Gasteiger partial charge in [0.25, 0.3) is 0 Å². The Hall–Kier alpha value is -1.95. The van der Waals surface area contributed by atoms with Gasteiger partial charge in [0, 0.05) is 65.1 Å². The number of hydrogen-bond acceptors (Lipinski definition) is 3. The van der Waals surface area contributed by atoms with Gasteiger partial charge < -0.3 is 9.80 Å². The Morgan fingerprint density at radius 2 is 1.88 bits per heavy atom. The number of halogens is 1. The van der Waals surface area contributed by atoms with E-state index in [4.69, 9.17) is 0 Å². The van der Waals surface area contributed by atoms with Gasteiger partial charge in [0.05, 0.1) is 0 Å². The molecule has 0 aliphatic carbocycles. The Kier molecular flexibility index (Phi) is 4.58. The molecule has 2 heterocycles. The monoisotopic (exact) mass is 333 g/mol. The molecule has 0 radical (unpaired) electrons. The zero-order valence-corrected chi connectivity index (χ0v) is 14.3. The van der Waals surface area contributed by atoms with Gasteiger partial charge in [-0.05, 0) is 17.7 Å². The minimum Gasteiger partial charge on any atom is -0.345 e. The van der Waals surface area contributed by atoms with Crippen LogP contribution in [-0.4, -0.2) is 66.3 Å². The number of hydrogen-bond donors (Lipinski definition) is 0. The highest BCUT2D eigenvalue weighted by molar-refractivity contribution is 5.79. The molecule has 24 heavy (non-hydrogen) atoms. The van der Waals surface area contributed by atoms with Crippen LogP contribution >= 0.6 is 0 Å². The molecule has 2 fully saturated rings. The highest BCUT2D eigenvalue weighted by Gasteiger charge is 2.45. The summed E-state index contributed by atoms with van der Waals surface area (Å²) in [6.07, 6.45) is 0.479. The summed E-state index contributed by atoms with van der Waals surface area (Å²) in [4.78, 5) is 29.9. The molecule has 5 nitrogen and oxygen atoms in total. The first-order valence-corrected chi connectivity index (χ1v) is 8.33. The molecule has 130 valence electrons. The van der Waals surface area contributed by atoms with Crippen LogP contribution in [0.2, 0.25) is 0 Å². The van der Waals surface area contributed by atoms with Crippen molar-refractivity contribution in [3.05, 3.63) is 35.6 Å². The van der Waals surface area contributed by atoms with E-state index in [-0.39, 0.29) is 23.0 Å². The van der Waals surface area contributed by atoms with Crippen molar-refractivity contribution in [1.82, 2.24) is 14.7 Å². The normalized spacial score (nSPS) is 25.4. The molecule has 0 unspecified atom stereocenters. The predicted octanol–water partition coefficient (Wildman–Crippen LogP) is 1.34. The fourth-order valence-electron chi connectivity index (χ4n) is 3.92. The number of amides is 2. The summed E-state index contributed by atoms with van der Waals surface area (Å²) in [7, 11) is 1.82. The van der Waals surface area contributed by atoms with Gasteiger partial charge in [0.2, 0.25) is 11.8 Å². The lowest BCUT2D eigenvalue weighted by Gasteiger charge is -2.33. The molecule has 3 rings (SSSR count). The smallest absolute Gasteiger partial charge is 0.223 e. The first kappa shape index (κ1) is 16.9. The number of likely N-dealkylation sites (tertiary alicyclic amines) is 1. The molecule has 1 atom stereocenters. The van der Waals surface area contributed by atoms with E-state index >= 15 is 0 Å². The van der Waals surface area contributed by atoms with E-state index in [1.54, 1.807) is 24.0 Å². The third-order valence-corrected chi connectivity index (χ3v) is 5.06. The van der Waals surface area contributed by atoms with Crippen LogP contribution in [0.3, 0.4) is 0 Å². The maximum atomic E-state index is 13.1. The van der Waals surface area contributed by atoms with Gasteiger partial charge in [-0.3, -0.25) is 14.5 Å². The molecular formula is C18H24FN3O2. The van der Waals surface area contributed by atoms with E-state index in [0.717, 1.165) is 18.7 Å². The zero-order valence-electron chi connectivity index (χ0n) is 14.3. The van der Waals surface area contributed by atoms with Crippen molar-refractivity contribution in [1.29, 1.82) is 0 Å². The number of carbonyl (C=O) groups excluding carboxylic acids is 2. The van der Waals surface area contributed by atoms with Gasteiger partial charge >= 0.3 is 0 Å². The van der Waals surface area contributed by atoms with Crippen molar-refractivity contribution in [2.45, 2.75) is 19.9 Å². The van der Waals surface area contributed by atoms with Crippen LogP contribution in [0.1, 0.15) is 18.9 Å². The Morgan fingerprint density at radius 3 is 2.46 bits per heavy atom. The van der Waals surface area contributed by atoms with Crippen LogP contribution in [-0.2, 0) is 16.1 Å². The molecule has 0 bridgehead atoms. The quantitative estimate of drug-likeness (QED) is 0.820. The second-order valence-corrected chi connectivity index (χ2v) is 7.20. The van der Waals surface area contributed by atoms with E-state index in [1.807, 2.05) is 11.9 Å². The minimum absolute atomic E-state index is 0.0556. The largest absolute Gasteiger partial charge is 0.345 e. The average Bonchev–Trinajstić information content (AvgIpc) is 2.68. The molecule has 1 aromatic carbocycles. The minimum atomic E-state index is -0.239. The summed E-state index contributed by atoms with van der Waals surface area (Å²) in [6.45, 7) is 5.78. The van der Waals surface area contributed by atoms with Gasteiger partial charge in [0.1, 0.15) is 5.82 Å². The molecule has 1 spiro atoms. The van der Waals surface area contributed by atoms with Gasteiger partial charge in [0.15, 0.2) is 0 Å². The average molecular weight is 333 g/mol. The molecule has 1 aromatic rings. The summed E-state index contributed by atoms with van der Waals surface area (Å²) in [5.41, 5.74) is 0.828. The van der Waals surface area contributed by atoms with Crippen LogP contribution in [0.4, 0.5) is 4.39 Å². The molecule has 0 aromatic heterocycles. The second kappa shape index (κ2) is 6.51. The Bertz CT molecular complexity index is 634. The summed E-state index contributed by atoms with van der Waals surface area (Å²) < 4.78 is 13.1. The van der Waals surface area contributed by atoms with Crippen molar-refractivity contribution in [2.75, 3.05) is 39.8 Å². The molecule has 2 saturated heterocycles. The van der Waals surface area contributed by atoms with Crippen molar-refractivity contribution >= 4 is 11.8 Å². The summed E-state index contributed by atoms with van der Waals surface area (Å²) in [6, 6.07) is 6.53. The van der Waals surface area contributed by atoms with Crippen LogP contribution in [0, 0.1) is 11.2 Å². The van der Waals surface area contributed by atoms with Crippen LogP contribution in [0.15, 0.2) is 24.3 Å². The molecule has 0 N–H and O–H groups in total. The lowest BCUT2D eigenvalue weighted by Crippen LogP contribution is -2.43. The number of benzene rings is 1. The van der Waals surface area contributed by atoms with Gasteiger partial charge in [-0.25, -0.2) is 4.39 Å². The third kappa shape index (κ3) is 3.59. The zero-order chi connectivity index (χ0) is 17.3. The molecular weight excluding hydrogens is 309 g/mol. The maximum Gasteiger partial charge on any atom is 0.223 e. The van der Waals surface area contributed by atoms with Crippen molar-refractivity contribution in [3.63, 3.8) is 0 Å². The van der Waals surface area contributed by atoms with Gasteiger partial charge in [-0.2, -0.15) is 0 Å². The number of carbonyl (C=O) groups is 2. The van der Waals surface area contributed by atoms with E-state index < -0.39 is 0 Å². The molecule has 2 aliphatic rings. The lowest BCUT2D eigenvalue weighted by molar-refractivity contribution is -0.130. The van der Waals surface area contributed by atoms with Crippen molar-refractivity contribution < 1.29 is 14.0 Å². The highest BCUT2D eigenvalue weighted by Crippen LogP contribution is 2.34. The second-order valence-electron chi connectivity index (χ2n) is 7.20. The highest BCUT2D eigenvalue weighted by atomic mass is 19.1. The summed E-state index contributed by atoms with van der Waals surface area (Å²) in [5, 5.41) is 0. The standard InChI is InChI=1S/C18H24FN3O2/c1-14(23)22-8-7-21(10-15-3-5-16(19)6-4-15)12-18(13-22)9-17(24)20(2)11-18/h3-6H,7-13H2,1-2H3/t18-/m1/s1. The Labute approximate surface area is 142 Å². The first-order valence-electron chi connectivity index (χ1n) is 8.33. The lowest BCUT2D eigenvalue weighted by atomic mass is 9.86. The Morgan fingerprint density at radius 1 is 1.17 bits per heavy atom. The van der Waals surface area contributed by atoms with Gasteiger partial charge in [-0.15, -0.1) is 0 Å². The van der Waals surface area contributed by atoms with E-state index in [0.29, 0.717) is 32.6 Å². The molecule has 2 aliphatic heterocycles. The van der Waals surface area contributed by atoms with E-state index in [9.17, 15) is 14.0 Å². The first-order chi connectivity index (χ1) is 11.4. The summed E-state index contributed by atoms with van der Waals surface area (Å²) >= 11 is 0. The van der Waals surface area contributed by atoms with E-state index in [1.165, 1.54) is 12.1 Å². The molecule has 0 saturated carbocycles.